The van der Waals surface area contributed by atoms with E-state index in [1.165, 1.54) is 0 Å². The Morgan fingerprint density at radius 3 is 2.59 bits per heavy atom. The SMILES string of the molecule is Bc1cnn2c(NCc3cccc(NS(=O)(=O)c4ccc(F)cc4F)c3)cc(-c3ccccc3Cl)nc12. The molecule has 0 spiro atoms. The molecule has 186 valence electrons. The molecule has 0 atom stereocenters. The number of aromatic nitrogens is 3. The van der Waals surface area contributed by atoms with Gasteiger partial charge in [0, 0.05) is 41.1 Å². The molecule has 0 fully saturated rings. The Morgan fingerprint density at radius 2 is 1.81 bits per heavy atom. The molecule has 5 rings (SSSR count). The molecule has 0 saturated heterocycles. The van der Waals surface area contributed by atoms with Gasteiger partial charge in [-0.05, 0) is 41.4 Å². The van der Waals surface area contributed by atoms with Crippen molar-refractivity contribution in [2.75, 3.05) is 10.0 Å². The van der Waals surface area contributed by atoms with Crippen LogP contribution in [0, 0.1) is 11.6 Å². The average Bonchev–Trinajstić information content (AvgIpc) is 3.23. The highest BCUT2D eigenvalue weighted by atomic mass is 35.5. The van der Waals surface area contributed by atoms with Gasteiger partial charge in [-0.15, -0.1) is 0 Å². The number of rotatable bonds is 7. The van der Waals surface area contributed by atoms with Crippen LogP contribution in [0.1, 0.15) is 5.56 Å². The lowest BCUT2D eigenvalue weighted by Crippen LogP contribution is -2.15. The summed E-state index contributed by atoms with van der Waals surface area (Å²) in [5.41, 5.74) is 3.98. The second-order valence-electron chi connectivity index (χ2n) is 8.30. The molecule has 2 N–H and O–H groups in total. The summed E-state index contributed by atoms with van der Waals surface area (Å²) in [6, 6.07) is 18.2. The summed E-state index contributed by atoms with van der Waals surface area (Å²) in [5.74, 6) is -1.37. The first kappa shape index (κ1) is 24.7. The molecule has 0 aliphatic rings. The zero-order chi connectivity index (χ0) is 26.2. The molecular weight excluding hydrogens is 519 g/mol. The molecule has 0 saturated carbocycles. The van der Waals surface area contributed by atoms with Crippen LogP contribution in [0.2, 0.25) is 5.02 Å². The predicted octanol–water partition coefficient (Wildman–Crippen LogP) is 4.00. The maximum absolute atomic E-state index is 14.1. The van der Waals surface area contributed by atoms with Crippen molar-refractivity contribution in [1.29, 1.82) is 0 Å². The zero-order valence-corrected chi connectivity index (χ0v) is 21.0. The monoisotopic (exact) mass is 537 g/mol. The molecule has 12 heteroatoms. The van der Waals surface area contributed by atoms with Gasteiger partial charge in [-0.3, -0.25) is 4.72 Å². The highest BCUT2D eigenvalue weighted by molar-refractivity contribution is 7.92. The Labute approximate surface area is 217 Å². The van der Waals surface area contributed by atoms with E-state index in [1.54, 1.807) is 35.0 Å². The summed E-state index contributed by atoms with van der Waals surface area (Å²) in [4.78, 5) is 4.08. The number of halogens is 3. The van der Waals surface area contributed by atoms with E-state index in [9.17, 15) is 17.2 Å². The van der Waals surface area contributed by atoms with Crippen molar-refractivity contribution >= 4 is 52.1 Å². The largest absolute Gasteiger partial charge is 0.366 e. The fourth-order valence-electron chi connectivity index (χ4n) is 3.85. The number of nitrogens with one attached hydrogen (secondary N) is 2. The van der Waals surface area contributed by atoms with Gasteiger partial charge in [-0.1, -0.05) is 41.9 Å². The summed E-state index contributed by atoms with van der Waals surface area (Å²) >= 11 is 6.40. The number of hydrogen-bond donors (Lipinski definition) is 2. The van der Waals surface area contributed by atoms with Crippen molar-refractivity contribution in [2.45, 2.75) is 11.4 Å². The van der Waals surface area contributed by atoms with E-state index in [0.29, 0.717) is 34.8 Å². The van der Waals surface area contributed by atoms with E-state index in [-0.39, 0.29) is 5.69 Å². The van der Waals surface area contributed by atoms with Crippen molar-refractivity contribution in [2.24, 2.45) is 0 Å². The fourth-order valence-corrected chi connectivity index (χ4v) is 5.19. The Bertz CT molecular complexity index is 1750. The molecule has 0 amide bonds. The second-order valence-corrected chi connectivity index (χ2v) is 10.4. The van der Waals surface area contributed by atoms with Crippen LogP contribution in [0.4, 0.5) is 20.3 Å². The Kier molecular flexibility index (Phi) is 6.57. The lowest BCUT2D eigenvalue weighted by molar-refractivity contribution is 0.551. The minimum atomic E-state index is -4.26. The van der Waals surface area contributed by atoms with Crippen LogP contribution in [-0.2, 0) is 16.6 Å². The van der Waals surface area contributed by atoms with Crippen LogP contribution in [0.3, 0.4) is 0 Å². The number of hydrogen-bond acceptors (Lipinski definition) is 5. The first-order valence-electron chi connectivity index (χ1n) is 11.1. The van der Waals surface area contributed by atoms with Crippen LogP contribution in [0.15, 0.2) is 83.9 Å². The molecular formula is C25H19BClF2N5O2S. The molecule has 2 aromatic heterocycles. The molecule has 0 radical (unpaired) electrons. The van der Waals surface area contributed by atoms with Crippen LogP contribution in [-0.4, -0.2) is 30.9 Å². The minimum Gasteiger partial charge on any atom is -0.366 e. The normalized spacial score (nSPS) is 11.5. The standard InChI is InChI=1S/C25H19BClF2N5O2S/c26-19-14-31-34-24(12-22(32-25(19)34)18-6-1-2-7-20(18)27)30-13-15-4-3-5-17(10-15)33-37(35,36)23-9-8-16(28)11-21(23)29/h1-12,14,30,33H,13,26H2. The summed E-state index contributed by atoms with van der Waals surface area (Å²) in [6.07, 6.45) is 1.72. The van der Waals surface area contributed by atoms with Gasteiger partial charge in [0.25, 0.3) is 10.0 Å². The smallest absolute Gasteiger partial charge is 0.264 e. The van der Waals surface area contributed by atoms with Crippen LogP contribution < -0.4 is 15.5 Å². The quantitative estimate of drug-likeness (QED) is 0.307. The number of sulfonamides is 1. The van der Waals surface area contributed by atoms with Crippen molar-refractivity contribution in [3.63, 3.8) is 0 Å². The average molecular weight is 538 g/mol. The van der Waals surface area contributed by atoms with E-state index in [4.69, 9.17) is 16.6 Å². The van der Waals surface area contributed by atoms with Gasteiger partial charge in [-0.25, -0.2) is 22.2 Å². The maximum atomic E-state index is 14.1. The number of fused-ring (bicyclic) bond motifs is 1. The van der Waals surface area contributed by atoms with E-state index in [2.05, 4.69) is 15.1 Å². The summed E-state index contributed by atoms with van der Waals surface area (Å²) in [6.45, 7) is 0.320. The molecule has 2 heterocycles. The Hall–Kier alpha value is -3.96. The third kappa shape index (κ3) is 5.14. The van der Waals surface area contributed by atoms with Crippen molar-refractivity contribution in [3.05, 3.63) is 101 Å². The van der Waals surface area contributed by atoms with Crippen molar-refractivity contribution in [1.82, 2.24) is 14.6 Å². The number of nitrogens with zero attached hydrogens (tertiary/aromatic N) is 3. The lowest BCUT2D eigenvalue weighted by atomic mass is 10.0. The molecule has 3 aromatic carbocycles. The summed E-state index contributed by atoms with van der Waals surface area (Å²) in [7, 11) is -2.35. The van der Waals surface area contributed by atoms with Gasteiger partial charge in [0.2, 0.25) is 0 Å². The Morgan fingerprint density at radius 1 is 1.00 bits per heavy atom. The van der Waals surface area contributed by atoms with Crippen molar-refractivity contribution < 1.29 is 17.2 Å². The molecule has 5 aromatic rings. The molecule has 37 heavy (non-hydrogen) atoms. The van der Waals surface area contributed by atoms with E-state index < -0.39 is 26.6 Å². The van der Waals surface area contributed by atoms with Gasteiger partial charge in [-0.2, -0.15) is 9.61 Å². The zero-order valence-electron chi connectivity index (χ0n) is 19.4. The van der Waals surface area contributed by atoms with Crippen LogP contribution >= 0.6 is 11.6 Å². The summed E-state index contributed by atoms with van der Waals surface area (Å²) < 4.78 is 56.6. The van der Waals surface area contributed by atoms with Gasteiger partial charge in [0.1, 0.15) is 30.2 Å². The highest BCUT2D eigenvalue weighted by Crippen LogP contribution is 2.28. The van der Waals surface area contributed by atoms with Gasteiger partial charge >= 0.3 is 0 Å². The fraction of sp³-hybridized carbons (Fsp3) is 0.0400. The maximum Gasteiger partial charge on any atom is 0.264 e. The molecule has 0 unspecified atom stereocenters. The van der Waals surface area contributed by atoms with Crippen LogP contribution in [0.25, 0.3) is 16.9 Å². The second kappa shape index (κ2) is 9.83. The predicted molar refractivity (Wildman–Crippen MR) is 143 cm³/mol. The third-order valence-corrected chi connectivity index (χ3v) is 7.38. The minimum absolute atomic E-state index is 0.231. The molecule has 0 aliphatic carbocycles. The molecule has 7 nitrogen and oxygen atoms in total. The van der Waals surface area contributed by atoms with E-state index >= 15 is 0 Å². The van der Waals surface area contributed by atoms with Crippen LogP contribution in [0.5, 0.6) is 0 Å². The topological polar surface area (TPSA) is 88.4 Å². The van der Waals surface area contributed by atoms with Gasteiger partial charge < -0.3 is 5.32 Å². The number of anilines is 2. The van der Waals surface area contributed by atoms with E-state index in [0.717, 1.165) is 28.7 Å². The Balaban J connectivity index is 1.41. The van der Waals surface area contributed by atoms with E-state index in [1.807, 2.05) is 38.2 Å². The lowest BCUT2D eigenvalue weighted by Gasteiger charge is -2.13. The summed E-state index contributed by atoms with van der Waals surface area (Å²) in [5, 5.41) is 8.30. The number of benzene rings is 3. The third-order valence-electron chi connectivity index (χ3n) is 5.63. The van der Waals surface area contributed by atoms with Crippen molar-refractivity contribution in [3.8, 4) is 11.3 Å². The first-order chi connectivity index (χ1) is 17.7. The first-order valence-corrected chi connectivity index (χ1v) is 13.0. The molecule has 0 bridgehead atoms. The van der Waals surface area contributed by atoms with Gasteiger partial charge in [0.05, 0.1) is 5.69 Å². The van der Waals surface area contributed by atoms with Gasteiger partial charge in [0.15, 0.2) is 5.65 Å². The molecule has 0 aliphatic heterocycles. The highest BCUT2D eigenvalue weighted by Gasteiger charge is 2.20.